The minimum absolute atomic E-state index is 0.611. The molecule has 3 rings (SSSR count). The Balaban J connectivity index is 1.98. The van der Waals surface area contributed by atoms with Crippen LogP contribution in [0.1, 0.15) is 0 Å². The standard InChI is InChI=1S/C14H17N5O/c15-18-13-10-12(11-4-2-1-3-5-11)16-14(17-13)19-6-8-20-9-7-19/h1-5,10H,6-9,15H2,(H,16,17,18). The first-order valence-electron chi connectivity index (χ1n) is 6.60. The molecule has 0 spiro atoms. The zero-order chi connectivity index (χ0) is 13.8. The number of hydrazine groups is 1. The number of hydrogen-bond donors (Lipinski definition) is 2. The number of aromatic nitrogens is 2. The predicted octanol–water partition coefficient (Wildman–Crippen LogP) is 1.27. The van der Waals surface area contributed by atoms with E-state index in [-0.39, 0.29) is 0 Å². The number of anilines is 2. The second-order valence-corrected chi connectivity index (χ2v) is 4.55. The summed E-state index contributed by atoms with van der Waals surface area (Å²) in [6.45, 7) is 2.99. The lowest BCUT2D eigenvalue weighted by Gasteiger charge is -2.27. The molecule has 2 heterocycles. The van der Waals surface area contributed by atoms with Gasteiger partial charge in [0.05, 0.1) is 18.9 Å². The number of benzene rings is 1. The van der Waals surface area contributed by atoms with E-state index in [1.165, 1.54) is 0 Å². The fourth-order valence-corrected chi connectivity index (χ4v) is 2.17. The first-order valence-corrected chi connectivity index (χ1v) is 6.60. The van der Waals surface area contributed by atoms with E-state index in [1.54, 1.807) is 0 Å². The molecule has 1 aromatic carbocycles. The number of hydrogen-bond acceptors (Lipinski definition) is 6. The molecule has 0 unspecified atom stereocenters. The molecule has 2 aromatic rings. The van der Waals surface area contributed by atoms with E-state index in [0.717, 1.165) is 24.3 Å². The van der Waals surface area contributed by atoms with Crippen LogP contribution in [0, 0.1) is 0 Å². The molecule has 3 N–H and O–H groups in total. The van der Waals surface area contributed by atoms with E-state index < -0.39 is 0 Å². The van der Waals surface area contributed by atoms with Gasteiger partial charge in [0.15, 0.2) is 0 Å². The summed E-state index contributed by atoms with van der Waals surface area (Å²) in [5.74, 6) is 6.81. The van der Waals surface area contributed by atoms with E-state index in [1.807, 2.05) is 36.4 Å². The first kappa shape index (κ1) is 12.8. The average Bonchev–Trinajstić information content (AvgIpc) is 2.56. The van der Waals surface area contributed by atoms with Crippen molar-refractivity contribution in [2.45, 2.75) is 0 Å². The summed E-state index contributed by atoms with van der Waals surface area (Å²) in [4.78, 5) is 11.2. The number of nitrogens with zero attached hydrogens (tertiary/aromatic N) is 3. The average molecular weight is 271 g/mol. The highest BCUT2D eigenvalue weighted by atomic mass is 16.5. The predicted molar refractivity (Wildman–Crippen MR) is 78.3 cm³/mol. The van der Waals surface area contributed by atoms with Gasteiger partial charge >= 0.3 is 0 Å². The minimum Gasteiger partial charge on any atom is -0.378 e. The van der Waals surface area contributed by atoms with Gasteiger partial charge in [0.25, 0.3) is 0 Å². The highest BCUT2D eigenvalue weighted by molar-refractivity contribution is 5.64. The molecule has 1 aliphatic rings. The quantitative estimate of drug-likeness (QED) is 0.646. The third-order valence-electron chi connectivity index (χ3n) is 3.23. The van der Waals surface area contributed by atoms with E-state index in [0.29, 0.717) is 25.0 Å². The van der Waals surface area contributed by atoms with Gasteiger partial charge in [0.1, 0.15) is 5.82 Å². The molecule has 1 aliphatic heterocycles. The number of nitrogens with one attached hydrogen (secondary N) is 1. The van der Waals surface area contributed by atoms with Crippen LogP contribution in [0.2, 0.25) is 0 Å². The molecule has 0 radical (unpaired) electrons. The van der Waals surface area contributed by atoms with E-state index in [4.69, 9.17) is 10.6 Å². The van der Waals surface area contributed by atoms with Crippen LogP contribution in [0.25, 0.3) is 11.3 Å². The molecule has 0 saturated carbocycles. The minimum atomic E-state index is 0.611. The summed E-state index contributed by atoms with van der Waals surface area (Å²) >= 11 is 0. The van der Waals surface area contributed by atoms with Crippen molar-refractivity contribution in [2.75, 3.05) is 36.6 Å². The van der Waals surface area contributed by atoms with Crippen molar-refractivity contribution in [1.29, 1.82) is 0 Å². The Bertz CT molecular complexity index is 569. The first-order chi connectivity index (χ1) is 9.86. The van der Waals surface area contributed by atoms with Crippen LogP contribution in [-0.4, -0.2) is 36.3 Å². The summed E-state index contributed by atoms with van der Waals surface area (Å²) < 4.78 is 5.36. The Kier molecular flexibility index (Phi) is 3.76. The van der Waals surface area contributed by atoms with E-state index in [9.17, 15) is 0 Å². The van der Waals surface area contributed by atoms with Crippen LogP contribution in [-0.2, 0) is 4.74 Å². The molecule has 0 atom stereocenters. The Morgan fingerprint density at radius 1 is 1.10 bits per heavy atom. The third kappa shape index (κ3) is 2.71. The van der Waals surface area contributed by atoms with Crippen molar-refractivity contribution in [3.8, 4) is 11.3 Å². The molecular weight excluding hydrogens is 254 g/mol. The van der Waals surface area contributed by atoms with E-state index >= 15 is 0 Å². The van der Waals surface area contributed by atoms with Crippen LogP contribution < -0.4 is 16.2 Å². The van der Waals surface area contributed by atoms with Gasteiger partial charge < -0.3 is 15.1 Å². The number of morpholine rings is 1. The van der Waals surface area contributed by atoms with Crippen LogP contribution in [0.4, 0.5) is 11.8 Å². The molecule has 6 heteroatoms. The molecule has 1 fully saturated rings. The Morgan fingerprint density at radius 3 is 2.55 bits per heavy atom. The lowest BCUT2D eigenvalue weighted by atomic mass is 10.1. The second-order valence-electron chi connectivity index (χ2n) is 4.55. The van der Waals surface area contributed by atoms with E-state index in [2.05, 4.69) is 20.3 Å². The van der Waals surface area contributed by atoms with Crippen molar-refractivity contribution in [2.24, 2.45) is 5.84 Å². The number of nitrogen functional groups attached to an aromatic ring is 1. The van der Waals surface area contributed by atoms with Gasteiger partial charge in [-0.1, -0.05) is 30.3 Å². The maximum atomic E-state index is 5.51. The fraction of sp³-hybridized carbons (Fsp3) is 0.286. The number of nitrogens with two attached hydrogens (primary N) is 1. The number of rotatable bonds is 3. The largest absolute Gasteiger partial charge is 0.378 e. The molecule has 0 bridgehead atoms. The lowest BCUT2D eigenvalue weighted by Crippen LogP contribution is -2.37. The Labute approximate surface area is 117 Å². The molecule has 1 saturated heterocycles. The van der Waals surface area contributed by atoms with Crippen molar-refractivity contribution < 1.29 is 4.74 Å². The van der Waals surface area contributed by atoms with Crippen molar-refractivity contribution in [3.63, 3.8) is 0 Å². The van der Waals surface area contributed by atoms with Crippen molar-refractivity contribution in [1.82, 2.24) is 9.97 Å². The summed E-state index contributed by atoms with van der Waals surface area (Å²) in [5.41, 5.74) is 4.51. The second kappa shape index (κ2) is 5.85. The molecule has 20 heavy (non-hydrogen) atoms. The van der Waals surface area contributed by atoms with Crippen LogP contribution in [0.5, 0.6) is 0 Å². The maximum absolute atomic E-state index is 5.51. The van der Waals surface area contributed by atoms with Crippen LogP contribution >= 0.6 is 0 Å². The van der Waals surface area contributed by atoms with Gasteiger partial charge in [-0.05, 0) is 0 Å². The summed E-state index contributed by atoms with van der Waals surface area (Å²) in [7, 11) is 0. The summed E-state index contributed by atoms with van der Waals surface area (Å²) in [6, 6.07) is 11.8. The monoisotopic (exact) mass is 271 g/mol. The van der Waals surface area contributed by atoms with Crippen molar-refractivity contribution >= 4 is 11.8 Å². The molecule has 104 valence electrons. The highest BCUT2D eigenvalue weighted by Gasteiger charge is 2.16. The third-order valence-corrected chi connectivity index (χ3v) is 3.23. The zero-order valence-corrected chi connectivity index (χ0v) is 11.1. The van der Waals surface area contributed by atoms with Gasteiger partial charge in [-0.2, -0.15) is 4.98 Å². The fourth-order valence-electron chi connectivity index (χ4n) is 2.17. The SMILES string of the molecule is NNc1cc(-c2ccccc2)nc(N2CCOCC2)n1. The van der Waals surface area contributed by atoms with Gasteiger partial charge in [-0.25, -0.2) is 10.8 Å². The molecule has 1 aromatic heterocycles. The van der Waals surface area contributed by atoms with Crippen LogP contribution in [0.3, 0.4) is 0 Å². The topological polar surface area (TPSA) is 76.3 Å². The molecule has 0 amide bonds. The summed E-state index contributed by atoms with van der Waals surface area (Å²) in [6.07, 6.45) is 0. The smallest absolute Gasteiger partial charge is 0.228 e. The van der Waals surface area contributed by atoms with Crippen LogP contribution in [0.15, 0.2) is 36.4 Å². The Hall–Kier alpha value is -2.18. The van der Waals surface area contributed by atoms with Crippen molar-refractivity contribution in [3.05, 3.63) is 36.4 Å². The lowest BCUT2D eigenvalue weighted by molar-refractivity contribution is 0.122. The molecule has 6 nitrogen and oxygen atoms in total. The maximum Gasteiger partial charge on any atom is 0.228 e. The normalized spacial score (nSPS) is 15.2. The van der Waals surface area contributed by atoms with Gasteiger partial charge in [0, 0.05) is 24.7 Å². The molecule has 0 aliphatic carbocycles. The Morgan fingerprint density at radius 2 is 1.85 bits per heavy atom. The van der Waals surface area contributed by atoms with Gasteiger partial charge in [-0.3, -0.25) is 0 Å². The summed E-state index contributed by atoms with van der Waals surface area (Å²) in [5, 5.41) is 0. The van der Waals surface area contributed by atoms with Gasteiger partial charge in [0.2, 0.25) is 5.95 Å². The highest BCUT2D eigenvalue weighted by Crippen LogP contribution is 2.22. The number of ether oxygens (including phenoxy) is 1. The van der Waals surface area contributed by atoms with Gasteiger partial charge in [-0.15, -0.1) is 0 Å². The zero-order valence-electron chi connectivity index (χ0n) is 11.1. The molecular formula is C14H17N5O.